The van der Waals surface area contributed by atoms with Crippen molar-refractivity contribution in [3.05, 3.63) is 53.8 Å². The molecule has 0 radical (unpaired) electrons. The van der Waals surface area contributed by atoms with Crippen molar-refractivity contribution < 1.29 is 14.6 Å². The average molecular weight is 469 g/mol. The predicted octanol–water partition coefficient (Wildman–Crippen LogP) is 3.81. The summed E-state index contributed by atoms with van der Waals surface area (Å²) in [7, 11) is 0. The Bertz CT molecular complexity index is 1040. The van der Waals surface area contributed by atoms with Crippen LogP contribution in [0.5, 0.6) is 0 Å². The summed E-state index contributed by atoms with van der Waals surface area (Å²) in [5.74, 6) is 1.14. The van der Waals surface area contributed by atoms with Gasteiger partial charge in [0.15, 0.2) is 6.29 Å². The largest absolute Gasteiger partial charge is 0.368 e. The molecule has 1 fully saturated rings. The number of amides is 2. The normalized spacial score (nSPS) is 15.8. The van der Waals surface area contributed by atoms with Crippen molar-refractivity contribution in [3.63, 3.8) is 0 Å². The fraction of sp³-hybridized carbons (Fsp3) is 0.391. The zero-order valence-electron chi connectivity index (χ0n) is 18.5. The molecule has 1 aliphatic rings. The van der Waals surface area contributed by atoms with Gasteiger partial charge < -0.3 is 9.84 Å². The summed E-state index contributed by atoms with van der Waals surface area (Å²) in [4.78, 5) is 27.8. The molecule has 174 valence electrons. The molecule has 1 aliphatic heterocycles. The summed E-state index contributed by atoms with van der Waals surface area (Å²) in [5, 5.41) is 18.2. The number of aromatic nitrogens is 3. The zero-order valence-corrected chi connectivity index (χ0v) is 19.3. The summed E-state index contributed by atoms with van der Waals surface area (Å²) >= 11 is 1.45. The van der Waals surface area contributed by atoms with Crippen LogP contribution < -0.4 is 10.6 Å². The van der Waals surface area contributed by atoms with E-state index >= 15 is 0 Å². The maximum atomic E-state index is 12.4. The Hall–Kier alpha value is -2.92. The first-order chi connectivity index (χ1) is 16.1. The van der Waals surface area contributed by atoms with Crippen LogP contribution in [0.2, 0.25) is 0 Å². The monoisotopic (exact) mass is 468 g/mol. The first kappa shape index (κ1) is 23.2. The molecule has 9 nitrogen and oxygen atoms in total. The molecule has 1 unspecified atom stereocenters. The molecular weight excluding hydrogens is 440 g/mol. The lowest BCUT2D eigenvalue weighted by atomic mass is 9.96. The van der Waals surface area contributed by atoms with Crippen molar-refractivity contribution in [2.45, 2.75) is 32.6 Å². The van der Waals surface area contributed by atoms with E-state index in [1.54, 1.807) is 23.8 Å². The van der Waals surface area contributed by atoms with Crippen molar-refractivity contribution in [3.8, 4) is 10.6 Å². The van der Waals surface area contributed by atoms with Crippen molar-refractivity contribution in [2.24, 2.45) is 5.92 Å². The Morgan fingerprint density at radius 2 is 1.94 bits per heavy atom. The maximum absolute atomic E-state index is 12.4. The molecule has 0 aliphatic carbocycles. The fourth-order valence-corrected chi connectivity index (χ4v) is 4.55. The van der Waals surface area contributed by atoms with Gasteiger partial charge in [-0.15, -0.1) is 11.3 Å². The Morgan fingerprint density at radius 3 is 2.70 bits per heavy atom. The van der Waals surface area contributed by atoms with Crippen molar-refractivity contribution >= 4 is 29.0 Å². The van der Waals surface area contributed by atoms with Crippen LogP contribution in [0.1, 0.15) is 25.5 Å². The minimum absolute atomic E-state index is 0.177. The molecule has 33 heavy (non-hydrogen) atoms. The predicted molar refractivity (Wildman–Crippen MR) is 128 cm³/mol. The second kappa shape index (κ2) is 11.3. The molecule has 2 amide bonds. The number of nitrogens with zero attached hydrogens (tertiary/aromatic N) is 4. The second-order valence-corrected chi connectivity index (χ2v) is 8.68. The number of hydrogen-bond acceptors (Lipinski definition) is 8. The lowest BCUT2D eigenvalue weighted by Crippen LogP contribution is -2.38. The molecule has 0 spiro atoms. The molecular formula is C23H28N6O3S. The number of urea groups is 1. The third-order valence-corrected chi connectivity index (χ3v) is 6.37. The van der Waals surface area contributed by atoms with Gasteiger partial charge in [0.2, 0.25) is 0 Å². The van der Waals surface area contributed by atoms with E-state index in [0.29, 0.717) is 24.8 Å². The van der Waals surface area contributed by atoms with Gasteiger partial charge in [0, 0.05) is 42.4 Å². The minimum Gasteiger partial charge on any atom is -0.368 e. The summed E-state index contributed by atoms with van der Waals surface area (Å²) < 4.78 is 5.33. The Labute approximate surface area is 196 Å². The van der Waals surface area contributed by atoms with Crippen molar-refractivity contribution in [2.75, 3.05) is 30.3 Å². The van der Waals surface area contributed by atoms with Gasteiger partial charge in [0.25, 0.3) is 0 Å². The highest BCUT2D eigenvalue weighted by Crippen LogP contribution is 2.25. The van der Waals surface area contributed by atoms with Crippen molar-refractivity contribution in [1.29, 1.82) is 0 Å². The van der Waals surface area contributed by atoms with Gasteiger partial charge in [-0.05, 0) is 57.1 Å². The summed E-state index contributed by atoms with van der Waals surface area (Å²) in [6, 6.07) is 8.96. The van der Waals surface area contributed by atoms with Crippen molar-refractivity contribution in [1.82, 2.24) is 19.9 Å². The molecule has 0 aromatic carbocycles. The number of piperidine rings is 1. The third kappa shape index (κ3) is 6.55. The number of anilines is 2. The standard InChI is InChI=1S/C23H28N6O3S/c1-2-32-22(30)17-8-12-29(13-9-17)14-18-4-3-5-19(25-18)27-23(31)28-20-15-33-21(26-20)16-6-10-24-11-7-16/h3-7,10-11,15,17,22,30H,2,8-9,12-14H2,1H3,(H2,25,27,28,31). The smallest absolute Gasteiger partial charge is 0.326 e. The molecule has 4 rings (SSSR count). The molecule has 0 bridgehead atoms. The number of rotatable bonds is 8. The van der Waals surface area contributed by atoms with E-state index in [0.717, 1.165) is 42.2 Å². The number of carbonyl (C=O) groups is 1. The van der Waals surface area contributed by atoms with Gasteiger partial charge in [-0.3, -0.25) is 20.5 Å². The highest BCUT2D eigenvalue weighted by atomic mass is 32.1. The molecule has 4 heterocycles. The van der Waals surface area contributed by atoms with E-state index < -0.39 is 12.3 Å². The number of thiazole rings is 1. The topological polar surface area (TPSA) is 112 Å². The third-order valence-electron chi connectivity index (χ3n) is 5.48. The van der Waals surface area contributed by atoms with E-state index in [1.807, 2.05) is 31.2 Å². The van der Waals surface area contributed by atoms with Gasteiger partial charge in [-0.2, -0.15) is 0 Å². The van der Waals surface area contributed by atoms with Gasteiger partial charge >= 0.3 is 6.03 Å². The Balaban J connectivity index is 1.28. The van der Waals surface area contributed by atoms with Gasteiger partial charge in [0.05, 0.1) is 5.69 Å². The number of carbonyl (C=O) groups excluding carboxylic acids is 1. The van der Waals surface area contributed by atoms with E-state index in [4.69, 9.17) is 4.74 Å². The number of aliphatic hydroxyl groups excluding tert-OH is 1. The van der Waals surface area contributed by atoms with E-state index in [9.17, 15) is 9.90 Å². The van der Waals surface area contributed by atoms with Crippen LogP contribution in [0, 0.1) is 5.92 Å². The number of ether oxygens (including phenoxy) is 1. The number of likely N-dealkylation sites (tertiary alicyclic amines) is 1. The number of aliphatic hydroxyl groups is 1. The lowest BCUT2D eigenvalue weighted by molar-refractivity contribution is -0.140. The highest BCUT2D eigenvalue weighted by Gasteiger charge is 2.25. The van der Waals surface area contributed by atoms with Gasteiger partial charge in [-0.25, -0.2) is 14.8 Å². The SMILES string of the molecule is CCOC(O)C1CCN(Cc2cccc(NC(=O)Nc3csc(-c4ccncc4)n3)n2)CC1. The number of hydrogen-bond donors (Lipinski definition) is 3. The van der Waals surface area contributed by atoms with E-state index in [1.165, 1.54) is 11.3 Å². The molecule has 3 aromatic heterocycles. The van der Waals surface area contributed by atoms with E-state index in [2.05, 4.69) is 30.5 Å². The molecule has 10 heteroatoms. The van der Waals surface area contributed by atoms with Crippen LogP contribution in [0.3, 0.4) is 0 Å². The number of nitrogens with one attached hydrogen (secondary N) is 2. The maximum Gasteiger partial charge on any atom is 0.326 e. The first-order valence-corrected chi connectivity index (χ1v) is 11.9. The average Bonchev–Trinajstić information content (AvgIpc) is 3.29. The van der Waals surface area contributed by atoms with Crippen LogP contribution in [-0.4, -0.2) is 57.0 Å². The number of pyridine rings is 2. The first-order valence-electron chi connectivity index (χ1n) is 11.0. The molecule has 3 aromatic rings. The Morgan fingerprint density at radius 1 is 1.18 bits per heavy atom. The minimum atomic E-state index is -0.681. The van der Waals surface area contributed by atoms with E-state index in [-0.39, 0.29) is 5.92 Å². The Kier molecular flexibility index (Phi) is 7.95. The highest BCUT2D eigenvalue weighted by molar-refractivity contribution is 7.13. The van der Waals surface area contributed by atoms with Gasteiger partial charge in [0.1, 0.15) is 16.6 Å². The van der Waals surface area contributed by atoms with Crippen LogP contribution in [-0.2, 0) is 11.3 Å². The quantitative estimate of drug-likeness (QED) is 0.431. The fourth-order valence-electron chi connectivity index (χ4n) is 3.79. The van der Waals surface area contributed by atoms with Crippen LogP contribution in [0.4, 0.5) is 16.4 Å². The second-order valence-electron chi connectivity index (χ2n) is 7.83. The lowest BCUT2D eigenvalue weighted by Gasteiger charge is -2.33. The van der Waals surface area contributed by atoms with Crippen LogP contribution in [0.25, 0.3) is 10.6 Å². The van der Waals surface area contributed by atoms with Crippen LogP contribution >= 0.6 is 11.3 Å². The summed E-state index contributed by atoms with van der Waals surface area (Å²) in [6.07, 6.45) is 4.51. The molecule has 3 N–H and O–H groups in total. The summed E-state index contributed by atoms with van der Waals surface area (Å²) in [6.45, 7) is 4.85. The summed E-state index contributed by atoms with van der Waals surface area (Å²) in [5.41, 5.74) is 1.83. The van der Waals surface area contributed by atoms with Crippen LogP contribution in [0.15, 0.2) is 48.1 Å². The molecule has 1 saturated heterocycles. The molecule has 0 saturated carbocycles. The van der Waals surface area contributed by atoms with Gasteiger partial charge in [-0.1, -0.05) is 6.07 Å². The zero-order chi connectivity index (χ0) is 23.0. The molecule has 1 atom stereocenters.